The summed E-state index contributed by atoms with van der Waals surface area (Å²) in [6, 6.07) is 0. The largest absolute Gasteiger partial charge is 0.476 e. The molecule has 0 atom stereocenters. The van der Waals surface area contributed by atoms with Crippen LogP contribution in [0.5, 0.6) is 0 Å². The van der Waals surface area contributed by atoms with E-state index in [0.717, 1.165) is 17.3 Å². The SMILES string of the molecule is O=C(O)c1csc(CC2CC2)n1. The van der Waals surface area contributed by atoms with Gasteiger partial charge in [0.15, 0.2) is 5.69 Å². The summed E-state index contributed by atoms with van der Waals surface area (Å²) in [5.41, 5.74) is 0.190. The molecule has 1 aliphatic rings. The minimum Gasteiger partial charge on any atom is -0.476 e. The number of aromatic carboxylic acids is 1. The zero-order valence-electron chi connectivity index (χ0n) is 6.49. The number of thiazole rings is 1. The number of hydrogen-bond donors (Lipinski definition) is 1. The summed E-state index contributed by atoms with van der Waals surface area (Å²) in [6.45, 7) is 0. The van der Waals surface area contributed by atoms with Crippen LogP contribution in [0.25, 0.3) is 0 Å². The highest BCUT2D eigenvalue weighted by molar-refractivity contribution is 7.09. The van der Waals surface area contributed by atoms with Gasteiger partial charge in [-0.15, -0.1) is 11.3 Å². The van der Waals surface area contributed by atoms with E-state index in [1.807, 2.05) is 0 Å². The molecule has 0 aliphatic heterocycles. The quantitative estimate of drug-likeness (QED) is 0.777. The third-order valence-corrected chi connectivity index (χ3v) is 2.80. The van der Waals surface area contributed by atoms with Crippen LogP contribution in [0.15, 0.2) is 5.38 Å². The maximum atomic E-state index is 10.5. The van der Waals surface area contributed by atoms with E-state index in [1.165, 1.54) is 24.2 Å². The van der Waals surface area contributed by atoms with Gasteiger partial charge in [-0.2, -0.15) is 0 Å². The molecule has 2 rings (SSSR count). The van der Waals surface area contributed by atoms with Gasteiger partial charge < -0.3 is 5.11 Å². The maximum Gasteiger partial charge on any atom is 0.355 e. The second kappa shape index (κ2) is 2.86. The van der Waals surface area contributed by atoms with Crippen molar-refractivity contribution in [1.82, 2.24) is 4.98 Å². The predicted molar refractivity (Wildman–Crippen MR) is 45.5 cm³/mol. The molecule has 3 nitrogen and oxygen atoms in total. The average Bonchev–Trinajstić information content (AvgIpc) is 2.66. The van der Waals surface area contributed by atoms with E-state index in [-0.39, 0.29) is 5.69 Å². The minimum absolute atomic E-state index is 0.190. The van der Waals surface area contributed by atoms with Crippen molar-refractivity contribution in [2.24, 2.45) is 5.92 Å². The number of carboxylic acid groups (broad SMARTS) is 1. The zero-order valence-corrected chi connectivity index (χ0v) is 7.30. The molecular formula is C8H9NO2S. The molecule has 0 bridgehead atoms. The molecule has 1 aliphatic carbocycles. The Hall–Kier alpha value is -0.900. The average molecular weight is 183 g/mol. The predicted octanol–water partition coefficient (Wildman–Crippen LogP) is 1.79. The van der Waals surface area contributed by atoms with Gasteiger partial charge in [0.25, 0.3) is 0 Å². The van der Waals surface area contributed by atoms with Crippen LogP contribution in [0.3, 0.4) is 0 Å². The van der Waals surface area contributed by atoms with Gasteiger partial charge in [-0.05, 0) is 18.8 Å². The fourth-order valence-electron chi connectivity index (χ4n) is 1.07. The van der Waals surface area contributed by atoms with Gasteiger partial charge in [0.2, 0.25) is 0 Å². The van der Waals surface area contributed by atoms with E-state index in [9.17, 15) is 4.79 Å². The zero-order chi connectivity index (χ0) is 8.55. The Morgan fingerprint density at radius 2 is 2.50 bits per heavy atom. The van der Waals surface area contributed by atoms with Crippen LogP contribution < -0.4 is 0 Å². The summed E-state index contributed by atoms with van der Waals surface area (Å²) >= 11 is 1.45. The van der Waals surface area contributed by atoms with Crippen molar-refractivity contribution in [2.75, 3.05) is 0 Å². The third kappa shape index (κ3) is 1.64. The van der Waals surface area contributed by atoms with E-state index < -0.39 is 5.97 Å². The highest BCUT2D eigenvalue weighted by Crippen LogP contribution is 2.33. The molecule has 1 aromatic rings. The van der Waals surface area contributed by atoms with Crippen molar-refractivity contribution in [3.8, 4) is 0 Å². The highest BCUT2D eigenvalue weighted by atomic mass is 32.1. The summed E-state index contributed by atoms with van der Waals surface area (Å²) < 4.78 is 0. The Morgan fingerprint density at radius 1 is 1.75 bits per heavy atom. The number of carboxylic acids is 1. The van der Waals surface area contributed by atoms with Crippen LogP contribution in [0.4, 0.5) is 0 Å². The van der Waals surface area contributed by atoms with Crippen molar-refractivity contribution in [1.29, 1.82) is 0 Å². The van der Waals surface area contributed by atoms with Crippen LogP contribution in [-0.4, -0.2) is 16.1 Å². The molecule has 1 fully saturated rings. The van der Waals surface area contributed by atoms with Crippen LogP contribution in [0.1, 0.15) is 28.3 Å². The summed E-state index contributed by atoms with van der Waals surface area (Å²) in [5.74, 6) is -0.147. The normalized spacial score (nSPS) is 16.3. The monoisotopic (exact) mass is 183 g/mol. The molecule has 1 saturated carbocycles. The first-order valence-corrected chi connectivity index (χ1v) is 4.81. The lowest BCUT2D eigenvalue weighted by Crippen LogP contribution is -1.96. The van der Waals surface area contributed by atoms with Gasteiger partial charge in [0.1, 0.15) is 0 Å². The molecule has 64 valence electrons. The Labute approximate surface area is 74.1 Å². The fourth-order valence-corrected chi connectivity index (χ4v) is 1.96. The third-order valence-electron chi connectivity index (χ3n) is 1.93. The molecular weight excluding hydrogens is 174 g/mol. The first kappa shape index (κ1) is 7.73. The van der Waals surface area contributed by atoms with Gasteiger partial charge in [-0.3, -0.25) is 0 Å². The molecule has 1 heterocycles. The molecule has 0 unspecified atom stereocenters. The van der Waals surface area contributed by atoms with E-state index in [4.69, 9.17) is 5.11 Å². The lowest BCUT2D eigenvalue weighted by Gasteiger charge is -1.88. The summed E-state index contributed by atoms with van der Waals surface area (Å²) in [4.78, 5) is 14.5. The second-order valence-electron chi connectivity index (χ2n) is 3.08. The number of nitrogens with zero attached hydrogens (tertiary/aromatic N) is 1. The number of hydrogen-bond acceptors (Lipinski definition) is 3. The van der Waals surface area contributed by atoms with Gasteiger partial charge in [-0.25, -0.2) is 9.78 Å². The number of rotatable bonds is 3. The molecule has 0 radical (unpaired) electrons. The lowest BCUT2D eigenvalue weighted by atomic mass is 10.3. The van der Waals surface area contributed by atoms with Gasteiger partial charge in [-0.1, -0.05) is 0 Å². The number of carbonyl (C=O) groups is 1. The lowest BCUT2D eigenvalue weighted by molar-refractivity contribution is 0.0691. The molecule has 0 amide bonds. The fraction of sp³-hybridized carbons (Fsp3) is 0.500. The van der Waals surface area contributed by atoms with Crippen molar-refractivity contribution in [3.63, 3.8) is 0 Å². The molecule has 0 spiro atoms. The number of aromatic nitrogens is 1. The van der Waals surface area contributed by atoms with Crippen molar-refractivity contribution in [2.45, 2.75) is 19.3 Å². The molecule has 1 N–H and O–H groups in total. The minimum atomic E-state index is -0.923. The Balaban J connectivity index is 2.06. The second-order valence-corrected chi connectivity index (χ2v) is 4.02. The first-order chi connectivity index (χ1) is 5.75. The van der Waals surface area contributed by atoms with E-state index >= 15 is 0 Å². The van der Waals surface area contributed by atoms with Crippen molar-refractivity contribution >= 4 is 17.3 Å². The maximum absolute atomic E-state index is 10.5. The van der Waals surface area contributed by atoms with E-state index in [0.29, 0.717) is 0 Å². The van der Waals surface area contributed by atoms with Crippen molar-refractivity contribution < 1.29 is 9.90 Å². The van der Waals surface area contributed by atoms with Crippen LogP contribution in [0.2, 0.25) is 0 Å². The smallest absolute Gasteiger partial charge is 0.355 e. The Kier molecular flexibility index (Phi) is 1.84. The van der Waals surface area contributed by atoms with E-state index in [1.54, 1.807) is 5.38 Å². The molecule has 12 heavy (non-hydrogen) atoms. The molecule has 1 aromatic heterocycles. The van der Waals surface area contributed by atoms with E-state index in [2.05, 4.69) is 4.98 Å². The molecule has 4 heteroatoms. The van der Waals surface area contributed by atoms with Crippen molar-refractivity contribution in [3.05, 3.63) is 16.1 Å². The van der Waals surface area contributed by atoms with Crippen LogP contribution >= 0.6 is 11.3 Å². The first-order valence-electron chi connectivity index (χ1n) is 3.93. The Morgan fingerprint density at radius 3 is 3.00 bits per heavy atom. The van der Waals surface area contributed by atoms with Gasteiger partial charge in [0, 0.05) is 11.8 Å². The molecule has 0 aromatic carbocycles. The summed E-state index contributed by atoms with van der Waals surface area (Å²) in [6.07, 6.45) is 3.53. The van der Waals surface area contributed by atoms with Gasteiger partial charge in [0.05, 0.1) is 5.01 Å². The van der Waals surface area contributed by atoms with Crippen LogP contribution in [-0.2, 0) is 6.42 Å². The summed E-state index contributed by atoms with van der Waals surface area (Å²) in [7, 11) is 0. The van der Waals surface area contributed by atoms with Crippen LogP contribution in [0, 0.1) is 5.92 Å². The topological polar surface area (TPSA) is 50.2 Å². The molecule has 0 saturated heterocycles. The summed E-state index contributed by atoms with van der Waals surface area (Å²) in [5, 5.41) is 11.2. The highest BCUT2D eigenvalue weighted by Gasteiger charge is 2.23. The standard InChI is InChI=1S/C8H9NO2S/c10-8(11)6-4-12-7(9-6)3-5-1-2-5/h4-5H,1-3H2,(H,10,11). The Bertz CT molecular complexity index is 304. The van der Waals surface area contributed by atoms with Gasteiger partial charge >= 0.3 is 5.97 Å².